The third kappa shape index (κ3) is 2.56. The van der Waals surface area contributed by atoms with E-state index < -0.39 is 0 Å². The summed E-state index contributed by atoms with van der Waals surface area (Å²) in [5, 5.41) is 0.788. The Morgan fingerprint density at radius 1 is 1.45 bits per heavy atom. The first kappa shape index (κ1) is 9.20. The van der Waals surface area contributed by atoms with E-state index in [1.165, 1.54) is 12.1 Å². The number of rotatable bonds is 2. The van der Waals surface area contributed by atoms with E-state index in [1.54, 1.807) is 6.07 Å². The van der Waals surface area contributed by atoms with Gasteiger partial charge in [0, 0.05) is 10.2 Å². The Hall–Kier alpha value is 0.110. The van der Waals surface area contributed by atoms with Gasteiger partial charge in [0.05, 0.1) is 0 Å². The molecule has 0 heterocycles. The fourth-order valence-electron chi connectivity index (χ4n) is 0.791. The highest BCUT2D eigenvalue weighted by Gasteiger charge is 2.04. The lowest BCUT2D eigenvalue weighted by atomic mass is 10.2. The Kier molecular flexibility index (Phi) is 3.52. The lowest BCUT2D eigenvalue weighted by molar-refractivity contribution is 0.626. The fraction of sp³-hybridized carbons (Fsp3) is 0.250. The highest BCUT2D eigenvalue weighted by Crippen LogP contribution is 2.24. The first-order valence-electron chi connectivity index (χ1n) is 3.19. The monoisotopic (exact) mass is 280 g/mol. The molecule has 1 aromatic rings. The molecule has 0 spiro atoms. The molecule has 0 fully saturated rings. The highest BCUT2D eigenvalue weighted by molar-refractivity contribution is 9.12. The Bertz CT molecular complexity index is 237. The zero-order chi connectivity index (χ0) is 8.27. The van der Waals surface area contributed by atoms with Crippen molar-refractivity contribution < 1.29 is 4.39 Å². The lowest BCUT2D eigenvalue weighted by Crippen LogP contribution is -1.90. The Labute approximate surface area is 82.1 Å². The summed E-state index contributed by atoms with van der Waals surface area (Å²) in [5.74, 6) is -0.187. The minimum Gasteiger partial charge on any atom is -0.207 e. The largest absolute Gasteiger partial charge is 0.207 e. The van der Waals surface area contributed by atoms with Crippen molar-refractivity contribution in [3.8, 4) is 0 Å². The molecule has 0 aliphatic heterocycles. The van der Waals surface area contributed by atoms with Crippen molar-refractivity contribution in [2.45, 2.75) is 4.83 Å². The molecule has 0 N–H and O–H groups in total. The molecule has 0 aromatic heterocycles. The predicted molar refractivity (Wildman–Crippen MR) is 51.9 cm³/mol. The average Bonchev–Trinajstić information content (AvgIpc) is 2.03. The van der Waals surface area contributed by atoms with Crippen LogP contribution >= 0.6 is 31.9 Å². The zero-order valence-electron chi connectivity index (χ0n) is 5.73. The van der Waals surface area contributed by atoms with Crippen molar-refractivity contribution in [3.05, 3.63) is 35.6 Å². The second-order valence-corrected chi connectivity index (χ2v) is 3.93. The van der Waals surface area contributed by atoms with Gasteiger partial charge in [-0.15, -0.1) is 0 Å². The van der Waals surface area contributed by atoms with E-state index in [0.717, 1.165) is 10.9 Å². The van der Waals surface area contributed by atoms with Gasteiger partial charge in [0.2, 0.25) is 0 Å². The lowest BCUT2D eigenvalue weighted by Gasteiger charge is -2.04. The summed E-state index contributed by atoms with van der Waals surface area (Å²) in [6, 6.07) is 6.57. The average molecular weight is 282 g/mol. The van der Waals surface area contributed by atoms with Gasteiger partial charge in [-0.05, 0) is 17.7 Å². The summed E-state index contributed by atoms with van der Waals surface area (Å²) in [7, 11) is 0. The molecule has 0 amide bonds. The molecule has 0 aliphatic rings. The third-order valence-corrected chi connectivity index (χ3v) is 3.71. The van der Waals surface area contributed by atoms with Gasteiger partial charge in [-0.1, -0.05) is 44.0 Å². The standard InChI is InChI=1S/C8H7Br2F/c9-5-8(10)6-2-1-3-7(11)4-6/h1-4,8H,5H2. The summed E-state index contributed by atoms with van der Waals surface area (Å²) < 4.78 is 12.6. The maximum Gasteiger partial charge on any atom is 0.123 e. The maximum atomic E-state index is 12.6. The maximum absolute atomic E-state index is 12.6. The van der Waals surface area contributed by atoms with Crippen LogP contribution in [0.2, 0.25) is 0 Å². The molecule has 1 atom stereocenters. The Balaban J connectivity index is 2.86. The number of hydrogen-bond donors (Lipinski definition) is 0. The van der Waals surface area contributed by atoms with Crippen LogP contribution in [0, 0.1) is 5.82 Å². The van der Waals surface area contributed by atoms with E-state index in [2.05, 4.69) is 31.9 Å². The highest BCUT2D eigenvalue weighted by atomic mass is 79.9. The van der Waals surface area contributed by atoms with Crippen LogP contribution in [-0.4, -0.2) is 5.33 Å². The molecular weight excluding hydrogens is 275 g/mol. The Morgan fingerprint density at radius 3 is 2.73 bits per heavy atom. The normalized spacial score (nSPS) is 13.0. The topological polar surface area (TPSA) is 0 Å². The summed E-state index contributed by atoms with van der Waals surface area (Å²) >= 11 is 6.71. The number of alkyl halides is 2. The van der Waals surface area contributed by atoms with Crippen molar-refractivity contribution in [1.29, 1.82) is 0 Å². The third-order valence-electron chi connectivity index (χ3n) is 1.35. The minimum absolute atomic E-state index is 0.187. The van der Waals surface area contributed by atoms with Crippen LogP contribution < -0.4 is 0 Å². The van der Waals surface area contributed by atoms with Crippen molar-refractivity contribution in [1.82, 2.24) is 0 Å². The van der Waals surface area contributed by atoms with Gasteiger partial charge < -0.3 is 0 Å². The molecule has 3 heteroatoms. The van der Waals surface area contributed by atoms with Crippen LogP contribution in [-0.2, 0) is 0 Å². The Morgan fingerprint density at radius 2 is 2.18 bits per heavy atom. The number of hydrogen-bond acceptors (Lipinski definition) is 0. The summed E-state index contributed by atoms with van der Waals surface area (Å²) in [6.07, 6.45) is 0. The van der Waals surface area contributed by atoms with Gasteiger partial charge in [0.25, 0.3) is 0 Å². The van der Waals surface area contributed by atoms with Crippen LogP contribution in [0.1, 0.15) is 10.4 Å². The molecule has 0 saturated carbocycles. The van der Waals surface area contributed by atoms with Gasteiger partial charge in [-0.2, -0.15) is 0 Å². The molecule has 0 saturated heterocycles. The zero-order valence-corrected chi connectivity index (χ0v) is 8.90. The molecule has 0 aliphatic carbocycles. The van der Waals surface area contributed by atoms with Gasteiger partial charge in [0.15, 0.2) is 0 Å². The van der Waals surface area contributed by atoms with Gasteiger partial charge in [-0.3, -0.25) is 0 Å². The second-order valence-electron chi connectivity index (χ2n) is 2.18. The predicted octanol–water partition coefficient (Wildman–Crippen LogP) is 3.66. The molecule has 0 nitrogen and oxygen atoms in total. The molecule has 1 unspecified atom stereocenters. The van der Waals surface area contributed by atoms with Crippen molar-refractivity contribution in [2.75, 3.05) is 5.33 Å². The molecule has 1 aromatic carbocycles. The van der Waals surface area contributed by atoms with Gasteiger partial charge >= 0.3 is 0 Å². The number of halogens is 3. The van der Waals surface area contributed by atoms with E-state index in [0.29, 0.717) is 0 Å². The SMILES string of the molecule is Fc1cccc(C(Br)CBr)c1. The molecule has 0 bridgehead atoms. The molecule has 0 radical (unpaired) electrons. The molecule has 1 rings (SSSR count). The van der Waals surface area contributed by atoms with Crippen LogP contribution in [0.3, 0.4) is 0 Å². The first-order chi connectivity index (χ1) is 5.24. The smallest absolute Gasteiger partial charge is 0.123 e. The van der Waals surface area contributed by atoms with E-state index in [9.17, 15) is 4.39 Å². The minimum atomic E-state index is -0.187. The van der Waals surface area contributed by atoms with Crippen molar-refractivity contribution in [3.63, 3.8) is 0 Å². The van der Waals surface area contributed by atoms with Crippen molar-refractivity contribution >= 4 is 31.9 Å². The quantitative estimate of drug-likeness (QED) is 0.726. The summed E-state index contributed by atoms with van der Waals surface area (Å²) in [5.41, 5.74) is 0.960. The van der Waals surface area contributed by atoms with E-state index in [-0.39, 0.29) is 10.6 Å². The summed E-state index contributed by atoms with van der Waals surface area (Å²) in [4.78, 5) is 0.193. The van der Waals surface area contributed by atoms with Gasteiger partial charge in [-0.25, -0.2) is 4.39 Å². The first-order valence-corrected chi connectivity index (χ1v) is 5.23. The van der Waals surface area contributed by atoms with Crippen LogP contribution in [0.5, 0.6) is 0 Å². The van der Waals surface area contributed by atoms with Gasteiger partial charge in [0.1, 0.15) is 5.82 Å². The molecular formula is C8H7Br2F. The molecule has 11 heavy (non-hydrogen) atoms. The van der Waals surface area contributed by atoms with Crippen LogP contribution in [0.4, 0.5) is 4.39 Å². The fourth-order valence-corrected chi connectivity index (χ4v) is 1.45. The van der Waals surface area contributed by atoms with E-state index >= 15 is 0 Å². The van der Waals surface area contributed by atoms with E-state index in [4.69, 9.17) is 0 Å². The summed E-state index contributed by atoms with van der Waals surface area (Å²) in [6.45, 7) is 0. The second kappa shape index (κ2) is 4.21. The van der Waals surface area contributed by atoms with Crippen molar-refractivity contribution in [2.24, 2.45) is 0 Å². The molecule has 60 valence electrons. The van der Waals surface area contributed by atoms with Crippen LogP contribution in [0.15, 0.2) is 24.3 Å². The number of benzene rings is 1. The van der Waals surface area contributed by atoms with E-state index in [1.807, 2.05) is 6.07 Å². The van der Waals surface area contributed by atoms with Crippen LogP contribution in [0.25, 0.3) is 0 Å².